The van der Waals surface area contributed by atoms with Crippen LogP contribution < -0.4 is 10.2 Å². The van der Waals surface area contributed by atoms with Gasteiger partial charge in [0.2, 0.25) is 0 Å². The zero-order valence-corrected chi connectivity index (χ0v) is 17.7. The number of nitrogens with zero attached hydrogens (tertiary/aromatic N) is 2. The minimum absolute atomic E-state index is 0.116. The third kappa shape index (κ3) is 4.53. The summed E-state index contributed by atoms with van der Waals surface area (Å²) in [6.07, 6.45) is 9.09. The molecule has 0 bridgehead atoms. The van der Waals surface area contributed by atoms with Crippen LogP contribution in [0.15, 0.2) is 47.1 Å². The average Bonchev–Trinajstić information content (AvgIpc) is 3.34. The van der Waals surface area contributed by atoms with Crippen molar-refractivity contribution in [1.82, 2.24) is 10.2 Å². The number of carbonyl (C=O) groups excluding carboxylic acids is 2. The second-order valence-electron chi connectivity index (χ2n) is 8.44. The number of carbonyl (C=O) groups is 2. The van der Waals surface area contributed by atoms with Crippen LogP contribution in [0.5, 0.6) is 0 Å². The Morgan fingerprint density at radius 2 is 1.73 bits per heavy atom. The van der Waals surface area contributed by atoms with E-state index in [1.54, 1.807) is 12.1 Å². The molecule has 2 amide bonds. The first-order valence-electron chi connectivity index (χ1n) is 11.1. The highest BCUT2D eigenvalue weighted by Gasteiger charge is 2.28. The van der Waals surface area contributed by atoms with Crippen LogP contribution in [0, 0.1) is 0 Å². The van der Waals surface area contributed by atoms with Gasteiger partial charge >= 0.3 is 0 Å². The van der Waals surface area contributed by atoms with Gasteiger partial charge in [-0.15, -0.1) is 0 Å². The van der Waals surface area contributed by atoms with E-state index in [-0.39, 0.29) is 17.9 Å². The van der Waals surface area contributed by atoms with Crippen LogP contribution in [0.25, 0.3) is 0 Å². The lowest BCUT2D eigenvalue weighted by atomic mass is 9.94. The highest BCUT2D eigenvalue weighted by Crippen LogP contribution is 2.28. The molecule has 2 heterocycles. The molecule has 1 saturated carbocycles. The number of nitrogens with one attached hydrogen (secondary N) is 1. The molecule has 0 radical (unpaired) electrons. The molecule has 2 fully saturated rings. The van der Waals surface area contributed by atoms with Crippen LogP contribution >= 0.6 is 0 Å². The quantitative estimate of drug-likeness (QED) is 0.808. The second kappa shape index (κ2) is 9.37. The number of piperidine rings is 1. The van der Waals surface area contributed by atoms with Crippen molar-refractivity contribution in [2.45, 2.75) is 57.0 Å². The lowest BCUT2D eigenvalue weighted by molar-refractivity contribution is 0.0696. The molecule has 160 valence electrons. The van der Waals surface area contributed by atoms with E-state index in [0.29, 0.717) is 11.8 Å². The summed E-state index contributed by atoms with van der Waals surface area (Å²) in [6.45, 7) is 1.61. The third-order valence-corrected chi connectivity index (χ3v) is 6.49. The first-order chi connectivity index (χ1) is 14.6. The van der Waals surface area contributed by atoms with Crippen molar-refractivity contribution in [2.24, 2.45) is 0 Å². The number of benzene rings is 1. The van der Waals surface area contributed by atoms with Crippen LogP contribution in [0.4, 0.5) is 5.69 Å². The topological polar surface area (TPSA) is 65.8 Å². The van der Waals surface area contributed by atoms with Crippen molar-refractivity contribution in [2.75, 3.05) is 25.0 Å². The molecule has 2 aromatic rings. The Hall–Kier alpha value is -2.76. The molecule has 1 aromatic heterocycles. The maximum absolute atomic E-state index is 13.3. The summed E-state index contributed by atoms with van der Waals surface area (Å²) < 4.78 is 5.18. The van der Waals surface area contributed by atoms with Gasteiger partial charge in [0.05, 0.1) is 11.8 Å². The number of anilines is 1. The largest absolute Gasteiger partial charge is 0.459 e. The fraction of sp³-hybridized carbons (Fsp3) is 0.500. The molecule has 6 heteroatoms. The van der Waals surface area contributed by atoms with Gasteiger partial charge in [-0.2, -0.15) is 0 Å². The average molecular weight is 410 g/mol. The van der Waals surface area contributed by atoms with Gasteiger partial charge in [0.1, 0.15) is 0 Å². The van der Waals surface area contributed by atoms with Crippen molar-refractivity contribution in [1.29, 1.82) is 0 Å². The summed E-state index contributed by atoms with van der Waals surface area (Å²) in [5.41, 5.74) is 1.78. The van der Waals surface area contributed by atoms with Crippen molar-refractivity contribution >= 4 is 17.5 Å². The third-order valence-electron chi connectivity index (χ3n) is 6.49. The summed E-state index contributed by atoms with van der Waals surface area (Å²) in [5, 5.41) is 3.06. The zero-order valence-electron chi connectivity index (χ0n) is 17.7. The number of para-hydroxylation sites is 1. The van der Waals surface area contributed by atoms with Crippen LogP contribution in [-0.4, -0.2) is 48.9 Å². The Kier molecular flexibility index (Phi) is 6.41. The molecular weight excluding hydrogens is 378 g/mol. The standard InChI is InChI=1S/C24H31N3O3/c1-26(19-8-3-2-4-9-19)24(29)20-10-5-6-11-21(20)27-15-13-18(14-16-27)25-23(28)22-12-7-17-30-22/h5-7,10-12,17-19H,2-4,8-9,13-16H2,1H3,(H,25,28). The molecule has 6 nitrogen and oxygen atoms in total. The van der Waals surface area contributed by atoms with Gasteiger partial charge in [0.15, 0.2) is 5.76 Å². The fourth-order valence-electron chi connectivity index (χ4n) is 4.68. The highest BCUT2D eigenvalue weighted by molar-refractivity contribution is 6.00. The fourth-order valence-corrected chi connectivity index (χ4v) is 4.68. The Labute approximate surface area is 178 Å². The maximum Gasteiger partial charge on any atom is 0.287 e. The highest BCUT2D eigenvalue weighted by atomic mass is 16.3. The SMILES string of the molecule is CN(C(=O)c1ccccc1N1CCC(NC(=O)c2ccco2)CC1)C1CCCCC1. The summed E-state index contributed by atoms with van der Waals surface area (Å²) in [5.74, 6) is 0.299. The Bertz CT molecular complexity index is 850. The Morgan fingerprint density at radius 1 is 1.00 bits per heavy atom. The van der Waals surface area contributed by atoms with Crippen molar-refractivity contribution < 1.29 is 14.0 Å². The molecule has 30 heavy (non-hydrogen) atoms. The predicted octanol–water partition coefficient (Wildman–Crippen LogP) is 4.08. The van der Waals surface area contributed by atoms with Crippen molar-refractivity contribution in [3.05, 3.63) is 54.0 Å². The van der Waals surface area contributed by atoms with Crippen LogP contribution in [0.2, 0.25) is 0 Å². The van der Waals surface area contributed by atoms with Crippen LogP contribution in [0.3, 0.4) is 0 Å². The number of hydrogen-bond acceptors (Lipinski definition) is 4. The molecule has 2 aliphatic rings. The van der Waals surface area contributed by atoms with Gasteiger partial charge in [-0.05, 0) is 49.9 Å². The van der Waals surface area contributed by atoms with Gasteiger partial charge in [0.25, 0.3) is 11.8 Å². The normalized spacial score (nSPS) is 18.2. The molecule has 0 unspecified atom stereocenters. The molecule has 1 aromatic carbocycles. The maximum atomic E-state index is 13.3. The zero-order chi connectivity index (χ0) is 20.9. The lowest BCUT2D eigenvalue weighted by Crippen LogP contribution is -2.45. The summed E-state index contributed by atoms with van der Waals surface area (Å²) >= 11 is 0. The van der Waals surface area contributed by atoms with Gasteiger partial charge in [-0.25, -0.2) is 0 Å². The number of amides is 2. The molecule has 0 spiro atoms. The number of furan rings is 1. The van der Waals surface area contributed by atoms with E-state index in [4.69, 9.17) is 4.42 Å². The lowest BCUT2D eigenvalue weighted by Gasteiger charge is -2.36. The molecular formula is C24H31N3O3. The molecule has 1 N–H and O–H groups in total. The van der Waals surface area contributed by atoms with E-state index in [1.807, 2.05) is 36.2 Å². The van der Waals surface area contributed by atoms with E-state index in [0.717, 1.165) is 50.0 Å². The van der Waals surface area contributed by atoms with Gasteiger partial charge in [0, 0.05) is 37.9 Å². The van der Waals surface area contributed by atoms with Crippen LogP contribution in [-0.2, 0) is 0 Å². The number of hydrogen-bond donors (Lipinski definition) is 1. The molecule has 1 saturated heterocycles. The first-order valence-corrected chi connectivity index (χ1v) is 11.1. The first kappa shape index (κ1) is 20.5. The molecule has 4 rings (SSSR count). The molecule has 1 aliphatic heterocycles. The van der Waals surface area contributed by atoms with Gasteiger partial charge in [-0.1, -0.05) is 31.4 Å². The second-order valence-corrected chi connectivity index (χ2v) is 8.44. The summed E-state index contributed by atoms with van der Waals surface area (Å²) in [6, 6.07) is 11.8. The Morgan fingerprint density at radius 3 is 2.43 bits per heavy atom. The van der Waals surface area contributed by atoms with E-state index in [9.17, 15) is 9.59 Å². The molecule has 1 aliphatic carbocycles. The minimum atomic E-state index is -0.164. The summed E-state index contributed by atoms with van der Waals surface area (Å²) in [7, 11) is 1.95. The smallest absolute Gasteiger partial charge is 0.287 e. The van der Waals surface area contributed by atoms with Gasteiger partial charge < -0.3 is 19.5 Å². The van der Waals surface area contributed by atoms with Gasteiger partial charge in [-0.3, -0.25) is 9.59 Å². The van der Waals surface area contributed by atoms with E-state index >= 15 is 0 Å². The predicted molar refractivity (Wildman–Crippen MR) is 117 cm³/mol. The Balaban J connectivity index is 1.39. The minimum Gasteiger partial charge on any atom is -0.459 e. The summed E-state index contributed by atoms with van der Waals surface area (Å²) in [4.78, 5) is 29.7. The van der Waals surface area contributed by atoms with Crippen molar-refractivity contribution in [3.8, 4) is 0 Å². The monoisotopic (exact) mass is 409 g/mol. The van der Waals surface area contributed by atoms with E-state index in [1.165, 1.54) is 25.5 Å². The van der Waals surface area contributed by atoms with Crippen LogP contribution in [0.1, 0.15) is 65.9 Å². The number of rotatable bonds is 5. The van der Waals surface area contributed by atoms with E-state index in [2.05, 4.69) is 10.2 Å². The van der Waals surface area contributed by atoms with Crippen molar-refractivity contribution in [3.63, 3.8) is 0 Å². The molecule has 0 atom stereocenters. The van der Waals surface area contributed by atoms with E-state index < -0.39 is 0 Å².